The van der Waals surface area contributed by atoms with E-state index < -0.39 is 9.84 Å². The van der Waals surface area contributed by atoms with Gasteiger partial charge in [0.05, 0.1) is 11.4 Å². The highest BCUT2D eigenvalue weighted by molar-refractivity contribution is 9.10. The third-order valence-corrected chi connectivity index (χ3v) is 9.84. The molecular formula is C32H30BrCl2N3O5S. The van der Waals surface area contributed by atoms with E-state index in [-0.39, 0.29) is 25.0 Å². The van der Waals surface area contributed by atoms with Crippen molar-refractivity contribution < 1.29 is 22.7 Å². The van der Waals surface area contributed by atoms with E-state index in [0.29, 0.717) is 47.5 Å². The molecule has 0 aliphatic carbocycles. The molecule has 0 N–H and O–H groups in total. The summed E-state index contributed by atoms with van der Waals surface area (Å²) in [4.78, 5) is 18.3. The molecule has 12 heteroatoms. The third-order valence-electron chi connectivity index (χ3n) is 7.84. The van der Waals surface area contributed by atoms with Crippen molar-refractivity contribution in [3.05, 3.63) is 92.5 Å². The Hall–Kier alpha value is -3.02. The van der Waals surface area contributed by atoms with Crippen LogP contribution in [0.4, 0.5) is 0 Å². The van der Waals surface area contributed by atoms with E-state index in [1.807, 2.05) is 64.1 Å². The van der Waals surface area contributed by atoms with Crippen LogP contribution in [0.3, 0.4) is 0 Å². The molecule has 3 aromatic carbocycles. The molecule has 8 nitrogen and oxygen atoms in total. The van der Waals surface area contributed by atoms with Gasteiger partial charge in [0.1, 0.15) is 15.5 Å². The molecule has 3 heterocycles. The van der Waals surface area contributed by atoms with E-state index in [9.17, 15) is 13.2 Å². The van der Waals surface area contributed by atoms with Crippen molar-refractivity contribution in [3.8, 4) is 33.9 Å². The Bertz CT molecular complexity index is 1820. The molecule has 1 aromatic heterocycles. The third kappa shape index (κ3) is 6.79. The van der Waals surface area contributed by atoms with Crippen LogP contribution in [0.1, 0.15) is 16.1 Å². The Morgan fingerprint density at radius 3 is 2.32 bits per heavy atom. The van der Waals surface area contributed by atoms with Crippen molar-refractivity contribution in [1.29, 1.82) is 0 Å². The van der Waals surface area contributed by atoms with Gasteiger partial charge in [-0.05, 0) is 53.6 Å². The second-order valence-electron chi connectivity index (χ2n) is 11.0. The van der Waals surface area contributed by atoms with Gasteiger partial charge in [0.2, 0.25) is 6.79 Å². The lowest BCUT2D eigenvalue weighted by molar-refractivity contribution is 0.0618. The second kappa shape index (κ2) is 12.8. The summed E-state index contributed by atoms with van der Waals surface area (Å²) >= 11 is 16.4. The number of piperazine rings is 1. The SMILES string of the molecule is CS(=O)(=O)CCn1c(C(=O)N2CCN(Cc3ccc4c(c3)OCO4)CC2)cc(-c2ccc(Cl)cc2Cl)c1-c1ccc(Br)cc1. The van der Waals surface area contributed by atoms with E-state index in [2.05, 4.69) is 20.8 Å². The standard InChI is InChI=1S/C32H30BrCl2N3O5S/c1-44(40,41)15-14-38-28(18-26(25-8-7-24(34)17-27(25)35)31(38)22-3-5-23(33)6-4-22)32(39)37-12-10-36(11-13-37)19-21-2-9-29-30(16-21)43-20-42-29/h2-9,16-18H,10-15,19-20H2,1H3. The maximum absolute atomic E-state index is 14.2. The first kappa shape index (κ1) is 31.0. The number of fused-ring (bicyclic) bond motifs is 1. The van der Waals surface area contributed by atoms with Crippen molar-refractivity contribution in [3.63, 3.8) is 0 Å². The highest BCUT2D eigenvalue weighted by Gasteiger charge is 2.29. The molecule has 1 amide bonds. The fourth-order valence-corrected chi connectivity index (χ4v) is 6.91. The lowest BCUT2D eigenvalue weighted by Crippen LogP contribution is -2.48. The van der Waals surface area contributed by atoms with Gasteiger partial charge in [-0.1, -0.05) is 63.4 Å². The second-order valence-corrected chi connectivity index (χ2v) is 15.0. The van der Waals surface area contributed by atoms with Gasteiger partial charge in [0.25, 0.3) is 5.91 Å². The zero-order valence-electron chi connectivity index (χ0n) is 23.9. The molecule has 4 aromatic rings. The van der Waals surface area contributed by atoms with Gasteiger partial charge in [0, 0.05) is 71.2 Å². The van der Waals surface area contributed by atoms with Crippen LogP contribution < -0.4 is 9.47 Å². The number of nitrogens with zero attached hydrogens (tertiary/aromatic N) is 3. The zero-order chi connectivity index (χ0) is 31.0. The smallest absolute Gasteiger partial charge is 0.270 e. The van der Waals surface area contributed by atoms with E-state index >= 15 is 0 Å². The lowest BCUT2D eigenvalue weighted by Gasteiger charge is -2.35. The van der Waals surface area contributed by atoms with Crippen LogP contribution >= 0.6 is 39.1 Å². The van der Waals surface area contributed by atoms with Crippen molar-refractivity contribution in [2.75, 3.05) is 45.0 Å². The first-order valence-electron chi connectivity index (χ1n) is 14.1. The molecule has 0 atom stereocenters. The molecule has 44 heavy (non-hydrogen) atoms. The number of aromatic nitrogens is 1. The summed E-state index contributed by atoms with van der Waals surface area (Å²) in [6.07, 6.45) is 1.20. The minimum Gasteiger partial charge on any atom is -0.454 e. The molecule has 2 aliphatic rings. The number of benzene rings is 3. The minimum absolute atomic E-state index is 0.112. The molecule has 2 aliphatic heterocycles. The average Bonchev–Trinajstić information content (AvgIpc) is 3.61. The summed E-state index contributed by atoms with van der Waals surface area (Å²) in [6, 6.07) is 20.7. The summed E-state index contributed by atoms with van der Waals surface area (Å²) < 4.78 is 38.3. The van der Waals surface area contributed by atoms with Gasteiger partial charge in [0.15, 0.2) is 11.5 Å². The molecular weight excluding hydrogens is 689 g/mol. The largest absolute Gasteiger partial charge is 0.454 e. The zero-order valence-corrected chi connectivity index (χ0v) is 27.8. The predicted molar refractivity (Wildman–Crippen MR) is 176 cm³/mol. The van der Waals surface area contributed by atoms with E-state index in [1.165, 1.54) is 6.26 Å². The van der Waals surface area contributed by atoms with E-state index in [4.69, 9.17) is 32.7 Å². The number of halogens is 3. The normalized spacial score (nSPS) is 15.1. The van der Waals surface area contributed by atoms with Gasteiger partial charge < -0.3 is 18.9 Å². The van der Waals surface area contributed by atoms with Crippen molar-refractivity contribution in [1.82, 2.24) is 14.4 Å². The van der Waals surface area contributed by atoms with Crippen LogP contribution in [0.25, 0.3) is 22.4 Å². The molecule has 0 radical (unpaired) electrons. The van der Waals surface area contributed by atoms with Crippen LogP contribution in [0.15, 0.2) is 71.2 Å². The summed E-state index contributed by atoms with van der Waals surface area (Å²) in [5, 5.41) is 0.933. The van der Waals surface area contributed by atoms with Crippen molar-refractivity contribution in [2.45, 2.75) is 13.1 Å². The average molecular weight is 719 g/mol. The van der Waals surface area contributed by atoms with E-state index in [1.54, 1.807) is 12.1 Å². The van der Waals surface area contributed by atoms with Crippen molar-refractivity contribution >= 4 is 54.9 Å². The maximum atomic E-state index is 14.2. The highest BCUT2D eigenvalue weighted by atomic mass is 79.9. The number of rotatable bonds is 8. The summed E-state index contributed by atoms with van der Waals surface area (Å²) in [5.74, 6) is 1.23. The molecule has 0 bridgehead atoms. The number of hydrogen-bond acceptors (Lipinski definition) is 6. The van der Waals surface area contributed by atoms with Crippen LogP contribution in [0, 0.1) is 0 Å². The van der Waals surface area contributed by atoms with Crippen LogP contribution in [0.5, 0.6) is 11.5 Å². The number of sulfone groups is 1. The summed E-state index contributed by atoms with van der Waals surface area (Å²) in [6.45, 7) is 3.54. The monoisotopic (exact) mass is 717 g/mol. The summed E-state index contributed by atoms with van der Waals surface area (Å²) in [5.41, 5.74) is 4.51. The van der Waals surface area contributed by atoms with Gasteiger partial charge in [-0.25, -0.2) is 8.42 Å². The Morgan fingerprint density at radius 1 is 0.886 bits per heavy atom. The number of carbonyl (C=O) groups excluding carboxylic acids is 1. The number of amides is 1. The topological polar surface area (TPSA) is 81.1 Å². The fourth-order valence-electron chi connectivity index (χ4n) is 5.62. The van der Waals surface area contributed by atoms with Gasteiger partial charge in [-0.3, -0.25) is 9.69 Å². The Balaban J connectivity index is 1.32. The molecule has 0 saturated carbocycles. The molecule has 0 spiro atoms. The predicted octanol–water partition coefficient (Wildman–Crippen LogP) is 6.62. The number of ether oxygens (including phenoxy) is 2. The Morgan fingerprint density at radius 2 is 1.61 bits per heavy atom. The summed E-state index contributed by atoms with van der Waals surface area (Å²) in [7, 11) is -3.33. The number of hydrogen-bond donors (Lipinski definition) is 0. The molecule has 1 fully saturated rings. The number of carbonyl (C=O) groups is 1. The molecule has 0 unspecified atom stereocenters. The minimum atomic E-state index is -3.33. The highest BCUT2D eigenvalue weighted by Crippen LogP contribution is 2.40. The Labute approximate surface area is 275 Å². The lowest BCUT2D eigenvalue weighted by atomic mass is 10.0. The van der Waals surface area contributed by atoms with Crippen molar-refractivity contribution in [2.24, 2.45) is 0 Å². The van der Waals surface area contributed by atoms with Crippen LogP contribution in [-0.4, -0.2) is 73.7 Å². The Kier molecular flexibility index (Phi) is 8.99. The fraction of sp³-hybridized carbons (Fsp3) is 0.281. The molecule has 6 rings (SSSR count). The molecule has 230 valence electrons. The van der Waals surface area contributed by atoms with Crippen LogP contribution in [-0.2, 0) is 22.9 Å². The first-order valence-corrected chi connectivity index (χ1v) is 17.7. The first-order chi connectivity index (χ1) is 21.1. The van der Waals surface area contributed by atoms with Gasteiger partial charge in [-0.15, -0.1) is 0 Å². The van der Waals surface area contributed by atoms with E-state index in [0.717, 1.165) is 44.9 Å². The quantitative estimate of drug-likeness (QED) is 0.204. The maximum Gasteiger partial charge on any atom is 0.270 e. The van der Waals surface area contributed by atoms with Gasteiger partial charge >= 0.3 is 0 Å². The van der Waals surface area contributed by atoms with Crippen LogP contribution in [0.2, 0.25) is 10.0 Å². The molecule has 1 saturated heterocycles. The van der Waals surface area contributed by atoms with Gasteiger partial charge in [-0.2, -0.15) is 0 Å².